The van der Waals surface area contributed by atoms with Crippen molar-refractivity contribution in [2.24, 2.45) is 5.92 Å². The molecule has 1 unspecified atom stereocenters. The number of carbonyl (C=O) groups excluding carboxylic acids is 2. The summed E-state index contributed by atoms with van der Waals surface area (Å²) in [7, 11) is 0. The number of rotatable bonds is 7. The first-order valence-corrected chi connectivity index (χ1v) is 10.0. The molecule has 0 spiro atoms. The summed E-state index contributed by atoms with van der Waals surface area (Å²) in [6.45, 7) is 3.82. The van der Waals surface area contributed by atoms with Gasteiger partial charge in [0.05, 0.1) is 5.92 Å². The quantitative estimate of drug-likeness (QED) is 0.636. The molecule has 3 rings (SSSR count). The van der Waals surface area contributed by atoms with Crippen LogP contribution in [0.4, 0.5) is 5.13 Å². The van der Waals surface area contributed by atoms with Gasteiger partial charge in [-0.1, -0.05) is 74.5 Å². The molecule has 1 aromatic heterocycles. The lowest BCUT2D eigenvalue weighted by Gasteiger charge is -2.25. The fourth-order valence-corrected chi connectivity index (χ4v) is 3.56. The molecule has 2 N–H and O–H groups in total. The smallest absolute Gasteiger partial charge is 0.248 e. The number of anilines is 1. The largest absolute Gasteiger partial charge is 0.343 e. The molecule has 1 heterocycles. The number of thiazole rings is 1. The number of hydrogen-bond donors (Lipinski definition) is 2. The van der Waals surface area contributed by atoms with Gasteiger partial charge in [0.25, 0.3) is 0 Å². The molecule has 28 heavy (non-hydrogen) atoms. The van der Waals surface area contributed by atoms with Crippen LogP contribution in [0.2, 0.25) is 0 Å². The second-order valence-corrected chi connectivity index (χ2v) is 7.71. The molecule has 0 radical (unpaired) electrons. The first-order valence-electron chi connectivity index (χ1n) is 9.17. The zero-order chi connectivity index (χ0) is 19.9. The number of amides is 2. The van der Waals surface area contributed by atoms with Crippen LogP contribution in [-0.2, 0) is 9.59 Å². The Morgan fingerprint density at radius 1 is 0.893 bits per heavy atom. The van der Waals surface area contributed by atoms with Crippen LogP contribution < -0.4 is 10.6 Å². The van der Waals surface area contributed by atoms with Crippen molar-refractivity contribution >= 4 is 28.3 Å². The van der Waals surface area contributed by atoms with Gasteiger partial charge in [-0.25, -0.2) is 4.98 Å². The third-order valence-electron chi connectivity index (χ3n) is 4.44. The van der Waals surface area contributed by atoms with Crippen LogP contribution in [0.3, 0.4) is 0 Å². The minimum absolute atomic E-state index is 0.0730. The van der Waals surface area contributed by atoms with Gasteiger partial charge in [0.1, 0.15) is 6.04 Å². The average molecular weight is 394 g/mol. The topological polar surface area (TPSA) is 71.1 Å². The van der Waals surface area contributed by atoms with E-state index in [2.05, 4.69) is 15.6 Å². The highest BCUT2D eigenvalue weighted by Crippen LogP contribution is 2.25. The highest BCUT2D eigenvalue weighted by molar-refractivity contribution is 7.13. The Bertz CT molecular complexity index is 857. The first kappa shape index (κ1) is 19.8. The summed E-state index contributed by atoms with van der Waals surface area (Å²) in [5, 5.41) is 8.04. The lowest BCUT2D eigenvalue weighted by molar-refractivity contribution is -0.127. The van der Waals surface area contributed by atoms with Crippen molar-refractivity contribution in [1.82, 2.24) is 10.3 Å². The predicted octanol–water partition coefficient (Wildman–Crippen LogP) is 4.05. The van der Waals surface area contributed by atoms with Gasteiger partial charge in [0, 0.05) is 11.6 Å². The maximum atomic E-state index is 13.3. The van der Waals surface area contributed by atoms with Crippen LogP contribution in [0.25, 0.3) is 0 Å². The molecular formula is C22H23N3O2S. The van der Waals surface area contributed by atoms with E-state index >= 15 is 0 Å². The number of carbonyl (C=O) groups is 2. The van der Waals surface area contributed by atoms with Crippen LogP contribution in [0, 0.1) is 5.92 Å². The molecule has 0 aliphatic rings. The van der Waals surface area contributed by atoms with Crippen molar-refractivity contribution in [2.45, 2.75) is 25.8 Å². The van der Waals surface area contributed by atoms with Gasteiger partial charge < -0.3 is 10.6 Å². The highest BCUT2D eigenvalue weighted by Gasteiger charge is 2.29. The number of benzene rings is 2. The van der Waals surface area contributed by atoms with Crippen LogP contribution in [0.15, 0.2) is 72.2 Å². The zero-order valence-electron chi connectivity index (χ0n) is 15.8. The minimum atomic E-state index is -0.661. The maximum absolute atomic E-state index is 13.3. The van der Waals surface area contributed by atoms with Crippen LogP contribution in [0.1, 0.15) is 30.9 Å². The van der Waals surface area contributed by atoms with Gasteiger partial charge >= 0.3 is 0 Å². The van der Waals surface area contributed by atoms with E-state index < -0.39 is 12.0 Å². The van der Waals surface area contributed by atoms with E-state index in [0.717, 1.165) is 11.1 Å². The molecule has 0 fully saturated rings. The fourth-order valence-electron chi connectivity index (χ4n) is 3.03. The normalized spacial score (nSPS) is 12.0. The molecule has 2 amide bonds. The van der Waals surface area contributed by atoms with Crippen molar-refractivity contribution in [2.75, 3.05) is 5.32 Å². The summed E-state index contributed by atoms with van der Waals surface area (Å²) in [5.74, 6) is -1.03. The monoisotopic (exact) mass is 393 g/mol. The van der Waals surface area contributed by atoms with Gasteiger partial charge in [-0.2, -0.15) is 0 Å². The van der Waals surface area contributed by atoms with E-state index in [1.807, 2.05) is 74.5 Å². The van der Waals surface area contributed by atoms with Gasteiger partial charge in [-0.15, -0.1) is 11.3 Å². The maximum Gasteiger partial charge on any atom is 0.248 e. The SMILES string of the molecule is CC(C)C(NC(=O)C(c1ccccc1)c1ccccc1)C(=O)Nc1nccs1. The third kappa shape index (κ3) is 4.84. The molecule has 0 bridgehead atoms. The van der Waals surface area contributed by atoms with E-state index in [1.54, 1.807) is 11.6 Å². The van der Waals surface area contributed by atoms with Crippen LogP contribution in [0.5, 0.6) is 0 Å². The molecule has 0 aliphatic carbocycles. The lowest BCUT2D eigenvalue weighted by atomic mass is 9.89. The summed E-state index contributed by atoms with van der Waals surface area (Å²) < 4.78 is 0. The van der Waals surface area contributed by atoms with Crippen molar-refractivity contribution in [3.63, 3.8) is 0 Å². The molecule has 2 aromatic carbocycles. The number of nitrogens with zero attached hydrogens (tertiary/aromatic N) is 1. The number of hydrogen-bond acceptors (Lipinski definition) is 4. The summed E-state index contributed by atoms with van der Waals surface area (Å²) in [4.78, 5) is 30.1. The van der Waals surface area contributed by atoms with E-state index in [9.17, 15) is 9.59 Å². The second kappa shape index (κ2) is 9.28. The standard InChI is InChI=1S/C22H23N3O2S/c1-15(2)19(21(27)25-22-23-13-14-28-22)24-20(26)18(16-9-5-3-6-10-16)17-11-7-4-8-12-17/h3-15,18-19H,1-2H3,(H,24,26)(H,23,25,27). The Labute approximate surface area is 168 Å². The Balaban J connectivity index is 1.84. The third-order valence-corrected chi connectivity index (χ3v) is 5.13. The Hall–Kier alpha value is -2.99. The lowest BCUT2D eigenvalue weighted by Crippen LogP contribution is -2.48. The van der Waals surface area contributed by atoms with Gasteiger partial charge in [0.15, 0.2) is 5.13 Å². The van der Waals surface area contributed by atoms with Crippen LogP contribution in [-0.4, -0.2) is 22.8 Å². The van der Waals surface area contributed by atoms with Crippen molar-refractivity contribution < 1.29 is 9.59 Å². The molecule has 1 atom stereocenters. The van der Waals surface area contributed by atoms with Crippen molar-refractivity contribution in [1.29, 1.82) is 0 Å². The summed E-state index contributed by atoms with van der Waals surface area (Å²) >= 11 is 1.34. The Kier molecular flexibility index (Phi) is 6.55. The molecule has 5 nitrogen and oxygen atoms in total. The summed E-state index contributed by atoms with van der Waals surface area (Å²) in [6, 6.07) is 18.5. The highest BCUT2D eigenvalue weighted by atomic mass is 32.1. The van der Waals surface area contributed by atoms with E-state index in [1.165, 1.54) is 11.3 Å². The Morgan fingerprint density at radius 3 is 1.93 bits per heavy atom. The van der Waals surface area contributed by atoms with E-state index in [-0.39, 0.29) is 17.7 Å². The van der Waals surface area contributed by atoms with Gasteiger partial charge in [0.2, 0.25) is 11.8 Å². The molecule has 0 aliphatic heterocycles. The zero-order valence-corrected chi connectivity index (χ0v) is 16.6. The summed E-state index contributed by atoms with van der Waals surface area (Å²) in [6.07, 6.45) is 1.63. The van der Waals surface area contributed by atoms with Crippen molar-refractivity contribution in [3.05, 3.63) is 83.4 Å². The van der Waals surface area contributed by atoms with E-state index in [4.69, 9.17) is 0 Å². The van der Waals surface area contributed by atoms with E-state index in [0.29, 0.717) is 5.13 Å². The molecule has 6 heteroatoms. The second-order valence-electron chi connectivity index (χ2n) is 6.81. The molecular weight excluding hydrogens is 370 g/mol. The first-order chi connectivity index (χ1) is 13.6. The number of nitrogens with one attached hydrogen (secondary N) is 2. The molecule has 144 valence electrons. The molecule has 0 saturated heterocycles. The average Bonchev–Trinajstić information content (AvgIpc) is 3.20. The van der Waals surface area contributed by atoms with Crippen LogP contribution >= 0.6 is 11.3 Å². The number of aromatic nitrogens is 1. The van der Waals surface area contributed by atoms with Gasteiger partial charge in [-0.05, 0) is 17.0 Å². The Morgan fingerprint density at radius 2 is 1.46 bits per heavy atom. The molecule has 3 aromatic rings. The fraction of sp³-hybridized carbons (Fsp3) is 0.227. The van der Waals surface area contributed by atoms with Crippen molar-refractivity contribution in [3.8, 4) is 0 Å². The molecule has 0 saturated carbocycles. The minimum Gasteiger partial charge on any atom is -0.343 e. The summed E-state index contributed by atoms with van der Waals surface area (Å²) in [5.41, 5.74) is 1.77. The van der Waals surface area contributed by atoms with Gasteiger partial charge in [-0.3, -0.25) is 9.59 Å². The predicted molar refractivity (Wildman–Crippen MR) is 112 cm³/mol.